The Bertz CT molecular complexity index is 426. The summed E-state index contributed by atoms with van der Waals surface area (Å²) >= 11 is 5.42. The van der Waals surface area contributed by atoms with Gasteiger partial charge in [0.15, 0.2) is 0 Å². The number of hydrogen-bond donors (Lipinski definition) is 0. The van der Waals surface area contributed by atoms with Crippen LogP contribution in [0.25, 0.3) is 0 Å². The van der Waals surface area contributed by atoms with Gasteiger partial charge in [-0.15, -0.1) is 0 Å². The van der Waals surface area contributed by atoms with Crippen LogP contribution in [0.2, 0.25) is 0 Å². The van der Waals surface area contributed by atoms with Crippen molar-refractivity contribution in [3.8, 4) is 0 Å². The number of piperidine rings is 1. The molecule has 0 aliphatic carbocycles. The number of alkyl halides is 1. The zero-order valence-corrected chi connectivity index (χ0v) is 12.2. The fourth-order valence-corrected chi connectivity index (χ4v) is 3.11. The first kappa shape index (κ1) is 12.3. The molecule has 1 saturated heterocycles. The zero-order chi connectivity index (χ0) is 11.7. The minimum atomic E-state index is -0.270. The van der Waals surface area contributed by atoms with E-state index in [2.05, 4.69) is 38.5 Å². The highest BCUT2D eigenvalue weighted by molar-refractivity contribution is 14.1. The normalized spacial score (nSPS) is 21.3. The van der Waals surface area contributed by atoms with Gasteiger partial charge in [-0.1, -0.05) is 15.9 Å². The lowest BCUT2D eigenvalue weighted by Gasteiger charge is -2.30. The minimum Gasteiger partial charge on any atom is -0.310 e. The van der Waals surface area contributed by atoms with Gasteiger partial charge in [0.25, 0.3) is 0 Å². The van der Waals surface area contributed by atoms with Crippen molar-refractivity contribution < 1.29 is 9.18 Å². The van der Waals surface area contributed by atoms with Gasteiger partial charge in [-0.3, -0.25) is 4.79 Å². The molecular weight excluding hydrogens is 388 g/mol. The summed E-state index contributed by atoms with van der Waals surface area (Å²) in [6, 6.07) is 4.50. The van der Waals surface area contributed by atoms with E-state index in [1.807, 2.05) is 0 Å². The number of amides is 1. The molecule has 1 aliphatic heterocycles. The van der Waals surface area contributed by atoms with Gasteiger partial charge < -0.3 is 4.90 Å². The minimum absolute atomic E-state index is 0.0655. The lowest BCUT2D eigenvalue weighted by molar-refractivity contribution is -0.118. The van der Waals surface area contributed by atoms with E-state index >= 15 is 0 Å². The Morgan fingerprint density at radius 1 is 1.50 bits per heavy atom. The van der Waals surface area contributed by atoms with Crippen molar-refractivity contribution in [3.63, 3.8) is 0 Å². The summed E-state index contributed by atoms with van der Waals surface area (Å²) in [4.78, 5) is 13.6. The molecule has 1 aliphatic rings. The maximum absolute atomic E-state index is 13.0. The molecule has 0 saturated carbocycles. The molecule has 1 atom stereocenters. The Balaban J connectivity index is 2.32. The first-order valence-electron chi connectivity index (χ1n) is 5.00. The summed E-state index contributed by atoms with van der Waals surface area (Å²) < 4.78 is 13.7. The summed E-state index contributed by atoms with van der Waals surface area (Å²) in [6.07, 6.45) is 1.84. The molecule has 1 amide bonds. The third kappa shape index (κ3) is 2.40. The monoisotopic (exact) mass is 397 g/mol. The molecule has 0 aromatic heterocycles. The van der Waals surface area contributed by atoms with Crippen LogP contribution in [0.1, 0.15) is 12.8 Å². The fourth-order valence-electron chi connectivity index (χ4n) is 1.77. The molecule has 2 nitrogen and oxygen atoms in total. The predicted octanol–water partition coefficient (Wildman–Crippen LogP) is 3.32. The molecule has 1 fully saturated rings. The fraction of sp³-hybridized carbons (Fsp3) is 0.364. The molecule has 16 heavy (non-hydrogen) atoms. The number of halogens is 3. The van der Waals surface area contributed by atoms with Crippen LogP contribution in [-0.4, -0.2) is 17.3 Å². The number of rotatable bonds is 1. The van der Waals surface area contributed by atoms with Gasteiger partial charge in [0.05, 0.1) is 10.5 Å². The first-order valence-corrected chi connectivity index (χ1v) is 6.99. The topological polar surface area (TPSA) is 20.3 Å². The van der Waals surface area contributed by atoms with Crippen LogP contribution in [0.5, 0.6) is 0 Å². The quantitative estimate of drug-likeness (QED) is 0.525. The molecule has 0 bridgehead atoms. The number of nitrogens with zero attached hydrogens (tertiary/aromatic N) is 1. The largest absolute Gasteiger partial charge is 0.310 e. The molecule has 5 heteroatoms. The SMILES string of the molecule is O=C1C(Br)CCCN1c1ccc(F)cc1I. The van der Waals surface area contributed by atoms with Crippen LogP contribution >= 0.6 is 38.5 Å². The van der Waals surface area contributed by atoms with Gasteiger partial charge in [0.1, 0.15) is 5.82 Å². The third-order valence-corrected chi connectivity index (χ3v) is 4.29. The Morgan fingerprint density at radius 2 is 2.25 bits per heavy atom. The number of benzene rings is 1. The van der Waals surface area contributed by atoms with Crippen LogP contribution in [-0.2, 0) is 4.79 Å². The van der Waals surface area contributed by atoms with E-state index in [1.165, 1.54) is 12.1 Å². The molecule has 0 N–H and O–H groups in total. The van der Waals surface area contributed by atoms with Crippen LogP contribution in [0.15, 0.2) is 18.2 Å². The average molecular weight is 398 g/mol. The maximum Gasteiger partial charge on any atom is 0.240 e. The summed E-state index contributed by atoms with van der Waals surface area (Å²) in [7, 11) is 0. The summed E-state index contributed by atoms with van der Waals surface area (Å²) in [5.41, 5.74) is 0.802. The van der Waals surface area contributed by atoms with Crippen LogP contribution in [0, 0.1) is 9.39 Å². The Labute approximate surface area is 115 Å². The lowest BCUT2D eigenvalue weighted by Crippen LogP contribution is -2.42. The highest BCUT2D eigenvalue weighted by Gasteiger charge is 2.28. The van der Waals surface area contributed by atoms with Gasteiger partial charge in [-0.25, -0.2) is 4.39 Å². The van der Waals surface area contributed by atoms with Crippen LogP contribution in [0.3, 0.4) is 0 Å². The highest BCUT2D eigenvalue weighted by atomic mass is 127. The Morgan fingerprint density at radius 3 is 2.94 bits per heavy atom. The van der Waals surface area contributed by atoms with Crippen molar-refractivity contribution >= 4 is 50.1 Å². The van der Waals surface area contributed by atoms with E-state index in [-0.39, 0.29) is 16.6 Å². The van der Waals surface area contributed by atoms with Gasteiger partial charge >= 0.3 is 0 Å². The average Bonchev–Trinajstić information content (AvgIpc) is 2.23. The number of anilines is 1. The van der Waals surface area contributed by atoms with Crippen molar-refractivity contribution in [3.05, 3.63) is 27.6 Å². The standard InChI is InChI=1S/C11H10BrFINO/c12-8-2-1-5-15(11(8)16)10-4-3-7(13)6-9(10)14/h3-4,6,8H,1-2,5H2. The molecule has 2 rings (SSSR count). The van der Waals surface area contributed by atoms with Gasteiger partial charge in [-0.05, 0) is 53.6 Å². The van der Waals surface area contributed by atoms with Crippen LogP contribution < -0.4 is 4.90 Å². The molecule has 86 valence electrons. The van der Waals surface area contributed by atoms with E-state index in [0.717, 1.165) is 22.1 Å². The molecule has 1 aromatic rings. The molecular formula is C11H10BrFINO. The molecule has 1 heterocycles. The van der Waals surface area contributed by atoms with E-state index in [0.29, 0.717) is 6.54 Å². The van der Waals surface area contributed by atoms with Crippen molar-refractivity contribution in [2.24, 2.45) is 0 Å². The first-order chi connectivity index (χ1) is 7.59. The Kier molecular flexibility index (Phi) is 3.84. The van der Waals surface area contributed by atoms with E-state index in [4.69, 9.17) is 0 Å². The van der Waals surface area contributed by atoms with Crippen molar-refractivity contribution in [2.45, 2.75) is 17.7 Å². The molecule has 0 spiro atoms. The highest BCUT2D eigenvalue weighted by Crippen LogP contribution is 2.28. The summed E-state index contributed by atoms with van der Waals surface area (Å²) in [5.74, 6) is -0.205. The van der Waals surface area contributed by atoms with Crippen LogP contribution in [0.4, 0.5) is 10.1 Å². The number of carbonyl (C=O) groups excluding carboxylic acids is 1. The van der Waals surface area contributed by atoms with Crippen molar-refractivity contribution in [1.29, 1.82) is 0 Å². The van der Waals surface area contributed by atoms with Crippen molar-refractivity contribution in [1.82, 2.24) is 0 Å². The van der Waals surface area contributed by atoms with Gasteiger partial charge in [0.2, 0.25) is 5.91 Å². The summed E-state index contributed by atoms with van der Waals surface area (Å²) in [5, 5.41) is 0. The second-order valence-corrected chi connectivity index (χ2v) is 5.96. The second kappa shape index (κ2) is 5.00. The number of hydrogen-bond acceptors (Lipinski definition) is 1. The molecule has 1 aromatic carbocycles. The second-order valence-electron chi connectivity index (χ2n) is 3.70. The third-order valence-electron chi connectivity index (χ3n) is 2.57. The smallest absolute Gasteiger partial charge is 0.240 e. The molecule has 0 radical (unpaired) electrons. The summed E-state index contributed by atoms with van der Waals surface area (Å²) in [6.45, 7) is 0.711. The molecule has 1 unspecified atom stereocenters. The lowest BCUT2D eigenvalue weighted by atomic mass is 10.1. The van der Waals surface area contributed by atoms with Gasteiger partial charge in [0, 0.05) is 10.1 Å². The maximum atomic E-state index is 13.0. The van der Waals surface area contributed by atoms with Gasteiger partial charge in [-0.2, -0.15) is 0 Å². The van der Waals surface area contributed by atoms with E-state index in [1.54, 1.807) is 11.0 Å². The zero-order valence-electron chi connectivity index (χ0n) is 8.42. The number of carbonyl (C=O) groups is 1. The predicted molar refractivity (Wildman–Crippen MR) is 73.4 cm³/mol. The Hall–Kier alpha value is -0.170. The van der Waals surface area contributed by atoms with Crippen molar-refractivity contribution in [2.75, 3.05) is 11.4 Å². The van der Waals surface area contributed by atoms with E-state index < -0.39 is 0 Å². The van der Waals surface area contributed by atoms with E-state index in [9.17, 15) is 9.18 Å².